The van der Waals surface area contributed by atoms with Gasteiger partial charge in [-0.3, -0.25) is 9.69 Å². The Morgan fingerprint density at radius 1 is 0.958 bits per heavy atom. The molecule has 5 rings (SSSR count). The maximum Gasteiger partial charge on any atom is 0.262 e. The number of hydrogen-bond donors (Lipinski definition) is 1. The number of anilines is 1. The van der Waals surface area contributed by atoms with Crippen molar-refractivity contribution in [3.63, 3.8) is 0 Å². The van der Waals surface area contributed by atoms with Crippen LogP contribution in [0.3, 0.4) is 0 Å². The lowest BCUT2D eigenvalue weighted by Gasteiger charge is -2.38. The fraction of sp³-hybridized carbons (Fsp3) is 0.0952. The maximum absolute atomic E-state index is 13.3. The summed E-state index contributed by atoms with van der Waals surface area (Å²) < 4.78 is 0. The highest BCUT2D eigenvalue weighted by Crippen LogP contribution is 2.50. The Labute approximate surface area is 139 Å². The summed E-state index contributed by atoms with van der Waals surface area (Å²) in [5.74, 6) is -0.168. The molecule has 0 saturated heterocycles. The zero-order valence-corrected chi connectivity index (χ0v) is 12.9. The summed E-state index contributed by atoms with van der Waals surface area (Å²) in [6, 6.07) is 17.2. The van der Waals surface area contributed by atoms with Crippen LogP contribution in [0.2, 0.25) is 0 Å². The molecular formula is C21H15NO2. The van der Waals surface area contributed by atoms with Crippen molar-refractivity contribution in [3.8, 4) is 0 Å². The van der Waals surface area contributed by atoms with Crippen LogP contribution < -0.4 is 4.90 Å². The lowest BCUT2D eigenvalue weighted by atomic mass is 9.81. The van der Waals surface area contributed by atoms with Gasteiger partial charge >= 0.3 is 0 Å². The van der Waals surface area contributed by atoms with Crippen LogP contribution in [0, 0.1) is 5.92 Å². The largest absolute Gasteiger partial charge is 0.511 e. The van der Waals surface area contributed by atoms with Crippen molar-refractivity contribution in [3.05, 3.63) is 89.7 Å². The number of amides is 1. The van der Waals surface area contributed by atoms with Crippen molar-refractivity contribution < 1.29 is 9.90 Å². The number of carbonyl (C=O) groups is 1. The molecule has 0 aromatic heterocycles. The Morgan fingerprint density at radius 2 is 1.71 bits per heavy atom. The van der Waals surface area contributed by atoms with Gasteiger partial charge in [-0.2, -0.15) is 0 Å². The van der Waals surface area contributed by atoms with Crippen LogP contribution in [0.15, 0.2) is 78.6 Å². The molecule has 2 unspecified atom stereocenters. The van der Waals surface area contributed by atoms with Gasteiger partial charge in [0, 0.05) is 5.56 Å². The van der Waals surface area contributed by atoms with Crippen molar-refractivity contribution in [2.24, 2.45) is 5.92 Å². The van der Waals surface area contributed by atoms with Gasteiger partial charge in [-0.15, -0.1) is 0 Å². The molecule has 0 saturated carbocycles. The molecule has 0 bridgehead atoms. The second-order valence-corrected chi connectivity index (χ2v) is 6.30. The molecule has 0 radical (unpaired) electrons. The molecule has 116 valence electrons. The van der Waals surface area contributed by atoms with E-state index in [9.17, 15) is 9.90 Å². The number of benzene rings is 2. The summed E-state index contributed by atoms with van der Waals surface area (Å²) in [6.45, 7) is 0. The van der Waals surface area contributed by atoms with E-state index in [4.69, 9.17) is 0 Å². The van der Waals surface area contributed by atoms with Crippen molar-refractivity contribution in [1.29, 1.82) is 0 Å². The number of rotatable bonds is 1. The normalized spacial score (nSPS) is 23.9. The summed E-state index contributed by atoms with van der Waals surface area (Å²) in [5, 5.41) is 10.9. The number of aliphatic hydroxyl groups is 1. The maximum atomic E-state index is 13.3. The number of nitrogens with zero attached hydrogens (tertiary/aromatic N) is 1. The Morgan fingerprint density at radius 3 is 2.54 bits per heavy atom. The first-order valence-corrected chi connectivity index (χ1v) is 8.07. The second kappa shape index (κ2) is 4.71. The molecule has 3 aliphatic rings. The average Bonchev–Trinajstić information content (AvgIpc) is 2.96. The van der Waals surface area contributed by atoms with E-state index in [0.29, 0.717) is 5.57 Å². The fourth-order valence-electron chi connectivity index (χ4n) is 4.05. The molecule has 1 aliphatic carbocycles. The van der Waals surface area contributed by atoms with E-state index in [2.05, 4.69) is 0 Å². The quantitative estimate of drug-likeness (QED) is 0.866. The highest BCUT2D eigenvalue weighted by Gasteiger charge is 2.49. The lowest BCUT2D eigenvalue weighted by Crippen LogP contribution is -2.47. The van der Waals surface area contributed by atoms with Crippen molar-refractivity contribution in [2.45, 2.75) is 6.04 Å². The molecule has 24 heavy (non-hydrogen) atoms. The average molecular weight is 313 g/mol. The summed E-state index contributed by atoms with van der Waals surface area (Å²) >= 11 is 0. The first-order chi connectivity index (χ1) is 11.8. The van der Waals surface area contributed by atoms with Gasteiger partial charge in [0.25, 0.3) is 5.91 Å². The highest BCUT2D eigenvalue weighted by molar-refractivity contribution is 6.30. The molecule has 3 heteroatoms. The Hall–Kier alpha value is -3.07. The van der Waals surface area contributed by atoms with Crippen LogP contribution in [-0.2, 0) is 4.79 Å². The summed E-state index contributed by atoms with van der Waals surface area (Å²) in [7, 11) is 0. The van der Waals surface area contributed by atoms with Gasteiger partial charge in [0.15, 0.2) is 0 Å². The molecule has 2 aliphatic heterocycles. The van der Waals surface area contributed by atoms with E-state index in [1.807, 2.05) is 77.7 Å². The number of aliphatic hydroxyl groups excluding tert-OH is 1. The molecule has 2 heterocycles. The van der Waals surface area contributed by atoms with Crippen LogP contribution in [0.25, 0.3) is 11.1 Å². The number of carbonyl (C=O) groups excluding carboxylic acids is 1. The van der Waals surface area contributed by atoms with Crippen LogP contribution in [0.1, 0.15) is 11.1 Å². The monoisotopic (exact) mass is 313 g/mol. The van der Waals surface area contributed by atoms with Gasteiger partial charge in [0.1, 0.15) is 5.76 Å². The predicted molar refractivity (Wildman–Crippen MR) is 94.3 cm³/mol. The zero-order chi connectivity index (χ0) is 16.3. The third-order valence-electron chi connectivity index (χ3n) is 5.07. The van der Waals surface area contributed by atoms with Crippen LogP contribution in [-0.4, -0.2) is 17.1 Å². The third kappa shape index (κ3) is 1.59. The van der Waals surface area contributed by atoms with E-state index >= 15 is 0 Å². The van der Waals surface area contributed by atoms with Crippen LogP contribution in [0.5, 0.6) is 0 Å². The van der Waals surface area contributed by atoms with E-state index in [1.165, 1.54) is 0 Å². The Kier molecular flexibility index (Phi) is 2.63. The summed E-state index contributed by atoms with van der Waals surface area (Å²) in [5.41, 5.74) is 4.26. The third-order valence-corrected chi connectivity index (χ3v) is 5.07. The molecule has 3 nitrogen and oxygen atoms in total. The van der Waals surface area contributed by atoms with Gasteiger partial charge < -0.3 is 5.11 Å². The molecule has 2 atom stereocenters. The number of allylic oxidation sites excluding steroid dienone is 2. The molecule has 0 spiro atoms. The predicted octanol–water partition coefficient (Wildman–Crippen LogP) is 3.95. The van der Waals surface area contributed by atoms with E-state index in [0.717, 1.165) is 22.4 Å². The molecular weight excluding hydrogens is 298 g/mol. The fourth-order valence-corrected chi connectivity index (χ4v) is 4.05. The smallest absolute Gasteiger partial charge is 0.262 e. The molecule has 0 fully saturated rings. The van der Waals surface area contributed by atoms with Gasteiger partial charge in [0.2, 0.25) is 0 Å². The van der Waals surface area contributed by atoms with Crippen molar-refractivity contribution in [1.82, 2.24) is 0 Å². The lowest BCUT2D eigenvalue weighted by molar-refractivity contribution is -0.114. The minimum Gasteiger partial charge on any atom is -0.511 e. The van der Waals surface area contributed by atoms with Crippen molar-refractivity contribution >= 4 is 22.7 Å². The number of hydrogen-bond acceptors (Lipinski definition) is 2. The molecule has 1 amide bonds. The van der Waals surface area contributed by atoms with E-state index in [1.54, 1.807) is 0 Å². The number of fused-ring (bicyclic) bond motifs is 3. The van der Waals surface area contributed by atoms with E-state index in [-0.39, 0.29) is 23.6 Å². The SMILES string of the molecule is O=C1C(c2ccccc2)=C(O)C2C=CC=C3c4ccccc4N1C32. The van der Waals surface area contributed by atoms with Gasteiger partial charge in [-0.1, -0.05) is 66.8 Å². The van der Waals surface area contributed by atoms with Gasteiger partial charge in [0.05, 0.1) is 23.2 Å². The summed E-state index contributed by atoms with van der Waals surface area (Å²) in [6.07, 6.45) is 6.01. The van der Waals surface area contributed by atoms with Gasteiger partial charge in [-0.05, 0) is 17.2 Å². The van der Waals surface area contributed by atoms with Crippen molar-refractivity contribution in [2.75, 3.05) is 4.90 Å². The van der Waals surface area contributed by atoms with E-state index < -0.39 is 0 Å². The molecule has 1 N–H and O–H groups in total. The molecule has 2 aromatic rings. The van der Waals surface area contributed by atoms with Gasteiger partial charge in [-0.25, -0.2) is 0 Å². The minimum atomic E-state index is -0.203. The standard InChI is InChI=1S/C21H15NO2/c23-20-16-11-6-10-15-14-9-4-5-12-17(14)22(19(15)16)21(24)18(20)13-7-2-1-3-8-13/h1-12,16,19,23H. The Bertz CT molecular complexity index is 953. The molecule has 2 aromatic carbocycles. The Balaban J connectivity index is 1.77. The zero-order valence-electron chi connectivity index (χ0n) is 12.9. The topological polar surface area (TPSA) is 40.5 Å². The van der Waals surface area contributed by atoms with Crippen LogP contribution in [0.4, 0.5) is 5.69 Å². The number of para-hydroxylation sites is 1. The first-order valence-electron chi connectivity index (χ1n) is 8.07. The highest BCUT2D eigenvalue weighted by atomic mass is 16.3. The first kappa shape index (κ1) is 13.4. The second-order valence-electron chi connectivity index (χ2n) is 6.30. The minimum absolute atomic E-state index is 0.133. The summed E-state index contributed by atoms with van der Waals surface area (Å²) in [4.78, 5) is 15.1. The van der Waals surface area contributed by atoms with Crippen LogP contribution >= 0.6 is 0 Å².